The van der Waals surface area contributed by atoms with E-state index in [0.29, 0.717) is 25.1 Å². The van der Waals surface area contributed by atoms with E-state index < -0.39 is 0 Å². The lowest BCUT2D eigenvalue weighted by atomic mass is 10.0. The summed E-state index contributed by atoms with van der Waals surface area (Å²) in [6, 6.07) is 15.3. The summed E-state index contributed by atoms with van der Waals surface area (Å²) in [7, 11) is 0. The van der Waals surface area contributed by atoms with Crippen LogP contribution >= 0.6 is 0 Å². The third-order valence-corrected chi connectivity index (χ3v) is 5.33. The van der Waals surface area contributed by atoms with Crippen molar-refractivity contribution in [1.82, 2.24) is 10.2 Å². The van der Waals surface area contributed by atoms with Crippen LogP contribution in [0.2, 0.25) is 0 Å². The summed E-state index contributed by atoms with van der Waals surface area (Å²) in [6.07, 6.45) is 3.49. The molecule has 3 rings (SSSR count). The van der Waals surface area contributed by atoms with Gasteiger partial charge in [0.1, 0.15) is 5.75 Å². The van der Waals surface area contributed by atoms with Gasteiger partial charge in [-0.15, -0.1) is 0 Å². The highest BCUT2D eigenvalue weighted by molar-refractivity contribution is 5.97. The zero-order chi connectivity index (χ0) is 19.9. The van der Waals surface area contributed by atoms with Gasteiger partial charge in [0.15, 0.2) is 0 Å². The van der Waals surface area contributed by atoms with E-state index in [1.54, 1.807) is 17.0 Å². The van der Waals surface area contributed by atoms with Gasteiger partial charge in [0.05, 0.1) is 5.56 Å². The summed E-state index contributed by atoms with van der Waals surface area (Å²) in [6.45, 7) is 3.18. The Labute approximate surface area is 166 Å². The zero-order valence-corrected chi connectivity index (χ0v) is 16.4. The zero-order valence-electron chi connectivity index (χ0n) is 16.4. The van der Waals surface area contributed by atoms with Gasteiger partial charge in [-0.25, -0.2) is 0 Å². The molecule has 0 bridgehead atoms. The van der Waals surface area contributed by atoms with E-state index in [2.05, 4.69) is 5.32 Å². The maximum absolute atomic E-state index is 12.8. The van der Waals surface area contributed by atoms with E-state index >= 15 is 0 Å². The van der Waals surface area contributed by atoms with Gasteiger partial charge in [0.25, 0.3) is 5.91 Å². The molecule has 0 aromatic heterocycles. The van der Waals surface area contributed by atoms with Crippen LogP contribution in [0.1, 0.15) is 47.7 Å². The molecule has 0 aliphatic carbocycles. The Hall–Kier alpha value is -2.82. The molecule has 1 saturated heterocycles. The maximum Gasteiger partial charge on any atom is 0.257 e. The highest BCUT2D eigenvalue weighted by Crippen LogP contribution is 2.23. The second-order valence-electron chi connectivity index (χ2n) is 7.32. The van der Waals surface area contributed by atoms with Crippen molar-refractivity contribution in [2.75, 3.05) is 13.1 Å². The third-order valence-electron chi connectivity index (χ3n) is 5.33. The predicted molar refractivity (Wildman–Crippen MR) is 109 cm³/mol. The molecular weight excluding hydrogens is 352 g/mol. The first-order chi connectivity index (χ1) is 13.6. The molecule has 2 aromatic rings. The van der Waals surface area contributed by atoms with Crippen LogP contribution in [-0.4, -0.2) is 41.0 Å². The van der Waals surface area contributed by atoms with Gasteiger partial charge in [0, 0.05) is 25.6 Å². The number of benzene rings is 2. The average molecular weight is 380 g/mol. The Morgan fingerprint density at radius 1 is 1.07 bits per heavy atom. The van der Waals surface area contributed by atoms with Crippen LogP contribution < -0.4 is 5.32 Å². The number of likely N-dealkylation sites (tertiary alicyclic amines) is 1. The largest absolute Gasteiger partial charge is 0.507 e. The molecule has 1 aliphatic rings. The minimum absolute atomic E-state index is 0.0264. The van der Waals surface area contributed by atoms with Gasteiger partial charge in [-0.1, -0.05) is 43.3 Å². The quantitative estimate of drug-likeness (QED) is 0.808. The van der Waals surface area contributed by atoms with Gasteiger partial charge >= 0.3 is 0 Å². The highest BCUT2D eigenvalue weighted by Gasteiger charge is 2.26. The van der Waals surface area contributed by atoms with Crippen molar-refractivity contribution < 1.29 is 14.7 Å². The Balaban J connectivity index is 1.47. The number of nitrogens with zero attached hydrogens (tertiary/aromatic N) is 1. The Morgan fingerprint density at radius 3 is 2.46 bits per heavy atom. The number of hydrogen-bond donors (Lipinski definition) is 2. The molecule has 2 N–H and O–H groups in total. The van der Waals surface area contributed by atoms with Gasteiger partial charge in [0.2, 0.25) is 5.91 Å². The summed E-state index contributed by atoms with van der Waals surface area (Å²) in [5.74, 6) is -0.0536. The van der Waals surface area contributed by atoms with Crippen molar-refractivity contribution in [3.05, 3.63) is 65.2 Å². The third kappa shape index (κ3) is 5.12. The van der Waals surface area contributed by atoms with E-state index in [-0.39, 0.29) is 23.6 Å². The van der Waals surface area contributed by atoms with Gasteiger partial charge in [-0.3, -0.25) is 9.59 Å². The van der Waals surface area contributed by atoms with Crippen molar-refractivity contribution in [2.45, 2.75) is 45.1 Å². The molecule has 148 valence electrons. The predicted octanol–water partition coefficient (Wildman–Crippen LogP) is 3.31. The van der Waals surface area contributed by atoms with Crippen LogP contribution in [0.3, 0.4) is 0 Å². The lowest BCUT2D eigenvalue weighted by Crippen LogP contribution is -2.46. The molecule has 1 fully saturated rings. The van der Waals surface area contributed by atoms with Gasteiger partial charge in [-0.2, -0.15) is 0 Å². The van der Waals surface area contributed by atoms with Crippen molar-refractivity contribution in [2.24, 2.45) is 0 Å². The molecule has 28 heavy (non-hydrogen) atoms. The van der Waals surface area contributed by atoms with Crippen LogP contribution in [0.15, 0.2) is 48.5 Å². The summed E-state index contributed by atoms with van der Waals surface area (Å²) in [5, 5.41) is 13.1. The first kappa shape index (κ1) is 19.9. The molecule has 0 radical (unpaired) electrons. The van der Waals surface area contributed by atoms with E-state index in [1.807, 2.05) is 43.3 Å². The molecule has 0 saturated carbocycles. The Kier molecular flexibility index (Phi) is 6.69. The fraction of sp³-hybridized carbons (Fsp3) is 0.391. The smallest absolute Gasteiger partial charge is 0.257 e. The summed E-state index contributed by atoms with van der Waals surface area (Å²) in [4.78, 5) is 26.7. The second-order valence-corrected chi connectivity index (χ2v) is 7.32. The van der Waals surface area contributed by atoms with Crippen LogP contribution in [0, 0.1) is 0 Å². The van der Waals surface area contributed by atoms with Crippen molar-refractivity contribution >= 4 is 11.8 Å². The molecule has 2 amide bonds. The molecule has 0 unspecified atom stereocenters. The minimum Gasteiger partial charge on any atom is -0.507 e. The summed E-state index contributed by atoms with van der Waals surface area (Å²) >= 11 is 0. The number of carbonyl (C=O) groups is 2. The van der Waals surface area contributed by atoms with E-state index in [4.69, 9.17) is 0 Å². The number of aromatic hydroxyl groups is 1. The van der Waals surface area contributed by atoms with Gasteiger partial charge in [-0.05, 0) is 48.9 Å². The van der Waals surface area contributed by atoms with Crippen molar-refractivity contribution in [3.8, 4) is 5.75 Å². The van der Waals surface area contributed by atoms with Crippen LogP contribution in [0.25, 0.3) is 0 Å². The topological polar surface area (TPSA) is 69.6 Å². The van der Waals surface area contributed by atoms with Crippen molar-refractivity contribution in [1.29, 1.82) is 0 Å². The highest BCUT2D eigenvalue weighted by atomic mass is 16.3. The summed E-state index contributed by atoms with van der Waals surface area (Å²) < 4.78 is 0. The van der Waals surface area contributed by atoms with E-state index in [9.17, 15) is 14.7 Å². The molecule has 0 atom stereocenters. The fourth-order valence-corrected chi connectivity index (χ4v) is 3.57. The molecular formula is C23H28N2O3. The number of nitrogens with one attached hydrogen (secondary N) is 1. The van der Waals surface area contributed by atoms with Crippen LogP contribution in [0.5, 0.6) is 5.75 Å². The van der Waals surface area contributed by atoms with Crippen molar-refractivity contribution in [3.63, 3.8) is 0 Å². The molecule has 0 spiro atoms. The van der Waals surface area contributed by atoms with Crippen LogP contribution in [-0.2, 0) is 17.6 Å². The van der Waals surface area contributed by atoms with E-state index in [1.165, 1.54) is 0 Å². The van der Waals surface area contributed by atoms with Gasteiger partial charge < -0.3 is 15.3 Å². The molecule has 2 aromatic carbocycles. The number of carbonyl (C=O) groups excluding carboxylic acids is 2. The Bertz CT molecular complexity index is 812. The molecule has 1 heterocycles. The maximum atomic E-state index is 12.8. The molecule has 5 heteroatoms. The summed E-state index contributed by atoms with van der Waals surface area (Å²) in [5.41, 5.74) is 2.55. The monoisotopic (exact) mass is 380 g/mol. The number of piperidine rings is 1. The number of amides is 2. The number of rotatable bonds is 6. The number of hydrogen-bond acceptors (Lipinski definition) is 3. The minimum atomic E-state index is -0.137. The first-order valence-corrected chi connectivity index (χ1v) is 10.0. The SMILES string of the molecule is CCc1ccc(O)c(C(=O)N2CCC(NC(=O)CCc3ccccc3)CC2)c1. The fourth-order valence-electron chi connectivity index (χ4n) is 3.57. The number of phenols is 1. The van der Waals surface area contributed by atoms with Crippen LogP contribution in [0.4, 0.5) is 0 Å². The number of aryl methyl sites for hydroxylation is 2. The average Bonchev–Trinajstić information content (AvgIpc) is 2.73. The lowest BCUT2D eigenvalue weighted by Gasteiger charge is -2.32. The number of phenolic OH excluding ortho intramolecular Hbond substituents is 1. The normalized spacial score (nSPS) is 14.7. The molecule has 5 nitrogen and oxygen atoms in total. The standard InChI is InChI=1S/C23H28N2O3/c1-2-17-8-10-21(26)20(16-17)23(28)25-14-12-19(13-15-25)24-22(27)11-9-18-6-4-3-5-7-18/h3-8,10,16,19,26H,2,9,11-15H2,1H3,(H,24,27). The van der Waals surface area contributed by atoms with E-state index in [0.717, 1.165) is 36.8 Å². The second kappa shape index (κ2) is 9.40. The molecule has 1 aliphatic heterocycles. The first-order valence-electron chi connectivity index (χ1n) is 10.0. The Morgan fingerprint density at radius 2 is 1.79 bits per heavy atom. The lowest BCUT2D eigenvalue weighted by molar-refractivity contribution is -0.122.